The fraction of sp³-hybridized carbons (Fsp3) is 0.750. The van der Waals surface area contributed by atoms with Crippen molar-refractivity contribution in [3.63, 3.8) is 0 Å². The van der Waals surface area contributed by atoms with Gasteiger partial charge in [0.1, 0.15) is 18.4 Å². The van der Waals surface area contributed by atoms with E-state index in [1.807, 2.05) is 0 Å². The lowest BCUT2D eigenvalue weighted by Crippen LogP contribution is -2.52. The fourth-order valence-corrected chi connectivity index (χ4v) is 5.59. The largest absolute Gasteiger partial charge is 0.756 e. The van der Waals surface area contributed by atoms with Crippen molar-refractivity contribution in [1.29, 1.82) is 0 Å². The number of aliphatic hydroxyl groups excluding tert-OH is 2. The highest BCUT2D eigenvalue weighted by Crippen LogP contribution is 2.59. The van der Waals surface area contributed by atoms with Gasteiger partial charge in [-0.05, 0) is 20.3 Å². The summed E-state index contributed by atoms with van der Waals surface area (Å²) >= 11 is 0. The molecule has 2 fully saturated rings. The SMILES string of the molecule is Cc1cn(C2CC(O)C(COP(=O)(O)OP(=O)([O-])OC3OC(C)CC(N)C3O)O2)c(=O)[nH]c1=O. The number of H-pyrrole nitrogens is 1. The Hall–Kier alpha value is -1.26. The molecule has 16 nitrogen and oxygen atoms in total. The third kappa shape index (κ3) is 6.69. The molecule has 1 aromatic rings. The second kappa shape index (κ2) is 10.4. The molecule has 2 aliphatic rings. The van der Waals surface area contributed by atoms with Gasteiger partial charge in [0.05, 0.1) is 18.8 Å². The molecule has 34 heavy (non-hydrogen) atoms. The van der Waals surface area contributed by atoms with E-state index < -0.39 is 76.5 Å². The molecule has 0 amide bonds. The van der Waals surface area contributed by atoms with Gasteiger partial charge in [0.15, 0.2) is 6.29 Å². The van der Waals surface area contributed by atoms with Crippen LogP contribution in [0, 0.1) is 6.92 Å². The first kappa shape index (κ1) is 27.3. The zero-order valence-corrected chi connectivity index (χ0v) is 19.9. The highest BCUT2D eigenvalue weighted by atomic mass is 31.3. The van der Waals surface area contributed by atoms with Gasteiger partial charge in [-0.3, -0.25) is 28.0 Å². The topological polar surface area (TPSA) is 245 Å². The van der Waals surface area contributed by atoms with E-state index in [-0.39, 0.29) is 18.4 Å². The predicted molar refractivity (Wildman–Crippen MR) is 109 cm³/mol. The van der Waals surface area contributed by atoms with E-state index in [4.69, 9.17) is 15.2 Å². The van der Waals surface area contributed by atoms with E-state index in [0.29, 0.717) is 0 Å². The fourth-order valence-electron chi connectivity index (χ4n) is 3.48. The number of nitrogens with one attached hydrogen (secondary N) is 1. The van der Waals surface area contributed by atoms with Gasteiger partial charge in [-0.25, -0.2) is 13.7 Å². The maximum absolute atomic E-state index is 12.1. The minimum absolute atomic E-state index is 0.130. The standard InChI is InChI=1S/C16H27N3O13P2/c1-7-5-19(16(23)18-14(7)22)12-4-10(20)11(30-12)6-28-33(24,25)32-34(26,27)31-15-13(21)9(17)3-8(2)29-15/h5,8-13,15,20-21H,3-4,6,17H2,1-2H3,(H,24,25)(H,26,27)(H,18,22,23)/p-1. The molecule has 9 atom stereocenters. The summed E-state index contributed by atoms with van der Waals surface area (Å²) in [5, 5.41) is 20.1. The molecule has 3 heterocycles. The van der Waals surface area contributed by atoms with Gasteiger partial charge in [-0.1, -0.05) is 0 Å². The number of ether oxygens (including phenoxy) is 2. The number of aromatic amines is 1. The normalized spacial score (nSPS) is 35.6. The summed E-state index contributed by atoms with van der Waals surface area (Å²) < 4.78 is 49.1. The maximum atomic E-state index is 12.1. The number of hydrogen-bond donors (Lipinski definition) is 5. The number of aryl methyl sites for hydroxylation is 1. The molecular formula is C16H26N3O13P2-. The average molecular weight is 530 g/mol. The van der Waals surface area contributed by atoms with Gasteiger partial charge in [0.25, 0.3) is 13.4 Å². The van der Waals surface area contributed by atoms with Gasteiger partial charge >= 0.3 is 13.5 Å². The van der Waals surface area contributed by atoms with E-state index in [1.54, 1.807) is 6.92 Å². The Morgan fingerprint density at radius 2 is 1.97 bits per heavy atom. The molecule has 9 unspecified atom stereocenters. The first-order valence-electron chi connectivity index (χ1n) is 10.1. The summed E-state index contributed by atoms with van der Waals surface area (Å²) in [5.74, 6) is 0. The molecule has 3 rings (SSSR count). The molecule has 6 N–H and O–H groups in total. The Bertz CT molecular complexity index is 1090. The van der Waals surface area contributed by atoms with Crippen LogP contribution >= 0.6 is 15.6 Å². The van der Waals surface area contributed by atoms with Crippen LogP contribution in [-0.2, 0) is 32.0 Å². The number of aromatic nitrogens is 2. The lowest BCUT2D eigenvalue weighted by atomic mass is 10.0. The van der Waals surface area contributed by atoms with Crippen molar-refractivity contribution in [1.82, 2.24) is 9.55 Å². The quantitative estimate of drug-likeness (QED) is 0.227. The summed E-state index contributed by atoms with van der Waals surface area (Å²) in [6.07, 6.45) is -6.10. The summed E-state index contributed by atoms with van der Waals surface area (Å²) in [5.41, 5.74) is 4.49. The number of nitrogens with zero attached hydrogens (tertiary/aromatic N) is 1. The lowest BCUT2D eigenvalue weighted by Gasteiger charge is -2.38. The van der Waals surface area contributed by atoms with Crippen LogP contribution in [0.5, 0.6) is 0 Å². The minimum Gasteiger partial charge on any atom is -0.756 e. The number of hydrogen-bond acceptors (Lipinski definition) is 13. The molecule has 0 bridgehead atoms. The molecule has 2 aliphatic heterocycles. The summed E-state index contributed by atoms with van der Waals surface area (Å²) in [6, 6.07) is -0.862. The smallest absolute Gasteiger partial charge is 0.478 e. The molecule has 194 valence electrons. The van der Waals surface area contributed by atoms with Crippen molar-refractivity contribution < 1.29 is 52.0 Å². The lowest BCUT2D eigenvalue weighted by molar-refractivity contribution is -0.265. The van der Waals surface area contributed by atoms with Crippen molar-refractivity contribution in [3.05, 3.63) is 32.6 Å². The molecule has 2 saturated heterocycles. The zero-order chi connectivity index (χ0) is 25.4. The Labute approximate surface area is 192 Å². The zero-order valence-electron chi connectivity index (χ0n) is 18.1. The van der Waals surface area contributed by atoms with E-state index >= 15 is 0 Å². The van der Waals surface area contributed by atoms with Gasteiger partial charge in [-0.2, -0.15) is 0 Å². The Kier molecular flexibility index (Phi) is 8.35. The van der Waals surface area contributed by atoms with Crippen LogP contribution < -0.4 is 21.9 Å². The second-order valence-corrected chi connectivity index (χ2v) is 11.0. The van der Waals surface area contributed by atoms with Crippen LogP contribution in [0.25, 0.3) is 0 Å². The van der Waals surface area contributed by atoms with Crippen LogP contribution in [0.4, 0.5) is 0 Å². The highest BCUT2D eigenvalue weighted by molar-refractivity contribution is 7.60. The monoisotopic (exact) mass is 530 g/mol. The summed E-state index contributed by atoms with van der Waals surface area (Å²) in [6.45, 7) is 2.21. The van der Waals surface area contributed by atoms with Crippen LogP contribution in [0.3, 0.4) is 0 Å². The Morgan fingerprint density at radius 3 is 2.65 bits per heavy atom. The van der Waals surface area contributed by atoms with Crippen LogP contribution in [0.15, 0.2) is 15.8 Å². The molecule has 0 radical (unpaired) electrons. The minimum atomic E-state index is -5.54. The first-order chi connectivity index (χ1) is 15.7. The molecule has 0 saturated carbocycles. The molecule has 0 aromatic carbocycles. The summed E-state index contributed by atoms with van der Waals surface area (Å²) in [7, 11) is -10.8. The molecule has 0 spiro atoms. The van der Waals surface area contributed by atoms with Crippen LogP contribution in [-0.4, -0.2) is 68.0 Å². The number of aliphatic hydroxyl groups is 2. The third-order valence-electron chi connectivity index (χ3n) is 5.19. The van der Waals surface area contributed by atoms with E-state index in [0.717, 1.165) is 4.57 Å². The van der Waals surface area contributed by atoms with Gasteiger partial charge in [0, 0.05) is 24.2 Å². The first-order valence-corrected chi connectivity index (χ1v) is 13.1. The van der Waals surface area contributed by atoms with Gasteiger partial charge in [0.2, 0.25) is 0 Å². The van der Waals surface area contributed by atoms with Crippen molar-refractivity contribution in [3.8, 4) is 0 Å². The molecule has 1 aromatic heterocycles. The number of nitrogens with two attached hydrogens (primary N) is 1. The van der Waals surface area contributed by atoms with Crippen molar-refractivity contribution in [2.24, 2.45) is 5.73 Å². The predicted octanol–water partition coefficient (Wildman–Crippen LogP) is -2.06. The maximum Gasteiger partial charge on any atom is 0.478 e. The van der Waals surface area contributed by atoms with Crippen LogP contribution in [0.2, 0.25) is 0 Å². The van der Waals surface area contributed by atoms with Crippen molar-refractivity contribution >= 4 is 15.6 Å². The van der Waals surface area contributed by atoms with Gasteiger partial charge in [-0.15, -0.1) is 0 Å². The van der Waals surface area contributed by atoms with Crippen molar-refractivity contribution in [2.45, 2.75) is 69.7 Å². The number of phosphoric acid groups is 2. The van der Waals surface area contributed by atoms with E-state index in [1.165, 1.54) is 13.1 Å². The molecule has 0 aliphatic carbocycles. The van der Waals surface area contributed by atoms with Gasteiger partial charge < -0.3 is 35.2 Å². The molecule has 18 heteroatoms. The molecular weight excluding hydrogens is 504 g/mol. The number of phosphoric ester groups is 2. The second-order valence-electron chi connectivity index (χ2n) is 8.01. The number of rotatable bonds is 8. The van der Waals surface area contributed by atoms with Crippen molar-refractivity contribution in [2.75, 3.05) is 6.61 Å². The summed E-state index contributed by atoms with van der Waals surface area (Å²) in [4.78, 5) is 47.4. The van der Waals surface area contributed by atoms with Crippen LogP contribution in [0.1, 0.15) is 31.6 Å². The average Bonchev–Trinajstić information content (AvgIpc) is 3.06. The van der Waals surface area contributed by atoms with E-state index in [9.17, 15) is 38.7 Å². The third-order valence-corrected chi connectivity index (χ3v) is 7.75. The highest BCUT2D eigenvalue weighted by Gasteiger charge is 2.41. The Balaban J connectivity index is 1.58. The van der Waals surface area contributed by atoms with E-state index in [2.05, 4.69) is 18.3 Å². The Morgan fingerprint density at radius 1 is 1.29 bits per heavy atom.